The van der Waals surface area contributed by atoms with Gasteiger partial charge in [0.25, 0.3) is 0 Å². The Labute approximate surface area is 189 Å². The Bertz CT molecular complexity index is 462. The Hall–Kier alpha value is -0.810. The molecule has 1 N–H and O–H groups in total. The number of rotatable bonds is 19. The number of ketones is 1. The van der Waals surface area contributed by atoms with E-state index in [1.807, 2.05) is 0 Å². The van der Waals surface area contributed by atoms with E-state index in [1.54, 1.807) is 21.1 Å². The minimum Gasteiger partial charge on any atom is -0.481 e. The van der Waals surface area contributed by atoms with E-state index in [0.717, 1.165) is 0 Å². The average molecular weight is 473 g/mol. The highest BCUT2D eigenvalue weighted by Crippen LogP contribution is 2.26. The first-order chi connectivity index (χ1) is 13.4. The minimum atomic E-state index is -0.942. The van der Waals surface area contributed by atoms with Crippen LogP contribution in [-0.2, 0) is 33.3 Å². The quantitative estimate of drug-likeness (QED) is 0.170. The van der Waals surface area contributed by atoms with Crippen molar-refractivity contribution in [1.82, 2.24) is 0 Å². The summed E-state index contributed by atoms with van der Waals surface area (Å²) < 4.78 is 20.8. The van der Waals surface area contributed by atoms with E-state index < -0.39 is 11.4 Å². The van der Waals surface area contributed by atoms with E-state index in [4.69, 9.17) is 24.1 Å². The largest absolute Gasteiger partial charge is 0.481 e. The number of carbonyl (C=O) groups excluding carboxylic acids is 2. The molecule has 0 bridgehead atoms. The third-order valence-electron chi connectivity index (χ3n) is 3.69. The molecule has 0 saturated carbocycles. The monoisotopic (exact) mass is 472 g/mol. The second kappa shape index (κ2) is 21.4. The molecule has 0 fully saturated rings. The first-order valence-corrected chi connectivity index (χ1v) is 11.5. The van der Waals surface area contributed by atoms with Gasteiger partial charge in [-0.15, -0.1) is 0 Å². The van der Waals surface area contributed by atoms with Crippen LogP contribution in [0.15, 0.2) is 0 Å². The second-order valence-electron chi connectivity index (χ2n) is 6.37. The van der Waals surface area contributed by atoms with Gasteiger partial charge in [-0.05, 0) is 19.8 Å². The van der Waals surface area contributed by atoms with E-state index in [-0.39, 0.29) is 58.4 Å². The maximum Gasteiger partial charge on any atom is 0.314 e. The van der Waals surface area contributed by atoms with Crippen LogP contribution in [0.25, 0.3) is 0 Å². The molecule has 0 saturated heterocycles. The lowest BCUT2D eigenvalue weighted by Gasteiger charge is -2.27. The minimum absolute atomic E-state index is 0. The topological polar surface area (TPSA) is 108 Å². The van der Waals surface area contributed by atoms with Crippen LogP contribution in [0.2, 0.25) is 0 Å². The van der Waals surface area contributed by atoms with Gasteiger partial charge in [-0.25, -0.2) is 0 Å². The number of esters is 1. The van der Waals surface area contributed by atoms with Crippen LogP contribution < -0.4 is 0 Å². The van der Waals surface area contributed by atoms with Gasteiger partial charge in [0, 0.05) is 52.6 Å². The lowest BCUT2D eigenvalue weighted by molar-refractivity contribution is -0.152. The highest BCUT2D eigenvalue weighted by atomic mass is 33.1. The molecule has 0 aliphatic rings. The van der Waals surface area contributed by atoms with Crippen molar-refractivity contribution >= 4 is 39.3 Å². The number of hydrogen-bond acceptors (Lipinski definition) is 9. The molecule has 0 aromatic heterocycles. The Morgan fingerprint density at radius 2 is 1.53 bits per heavy atom. The molecule has 0 aliphatic carbocycles. The molecule has 180 valence electrons. The fourth-order valence-corrected chi connectivity index (χ4v) is 3.79. The number of hydrogen-bond donors (Lipinski definition) is 1. The molecule has 0 aliphatic heterocycles. The van der Waals surface area contributed by atoms with Crippen molar-refractivity contribution in [3.8, 4) is 0 Å². The highest BCUT2D eigenvalue weighted by molar-refractivity contribution is 8.76. The van der Waals surface area contributed by atoms with Crippen molar-refractivity contribution in [2.24, 2.45) is 5.41 Å². The molecule has 0 aromatic rings. The Balaban J connectivity index is -0.00000364. The molecule has 0 heterocycles. The predicted molar refractivity (Wildman–Crippen MR) is 123 cm³/mol. The summed E-state index contributed by atoms with van der Waals surface area (Å²) in [5.41, 5.74) is -0.942. The van der Waals surface area contributed by atoms with Gasteiger partial charge in [0.1, 0.15) is 18.1 Å². The Kier molecular flexibility index (Phi) is 24.1. The van der Waals surface area contributed by atoms with Crippen LogP contribution in [0.5, 0.6) is 0 Å². The van der Waals surface area contributed by atoms with Crippen molar-refractivity contribution in [3.05, 3.63) is 0 Å². The maximum absolute atomic E-state index is 12.7. The SMILES string of the molecule is C.C.COCCCOCC(C)(COC(=O)CCCOC)C(=O)CCSSCC(=O)O. The number of carboxylic acids is 1. The van der Waals surface area contributed by atoms with Crippen molar-refractivity contribution in [3.63, 3.8) is 0 Å². The standard InChI is InChI=1S/C18H32O8S2.2CH4/c1-18(13-25-10-5-9-24-3,14-26-17(22)6-4-8-23-2)15(19)7-11-27-28-12-16(20)21;;/h4-14H2,1-3H3,(H,20,21);2*1H4. The van der Waals surface area contributed by atoms with E-state index in [0.29, 0.717) is 38.4 Å². The number of aliphatic carboxylic acids is 1. The van der Waals surface area contributed by atoms with Gasteiger partial charge in [-0.2, -0.15) is 0 Å². The first kappa shape index (κ1) is 33.8. The molecular weight excluding hydrogens is 432 g/mol. The van der Waals surface area contributed by atoms with E-state index in [9.17, 15) is 14.4 Å². The van der Waals surface area contributed by atoms with Gasteiger partial charge in [0.2, 0.25) is 0 Å². The third kappa shape index (κ3) is 18.0. The number of carboxylic acid groups (broad SMARTS) is 1. The lowest BCUT2D eigenvalue weighted by Crippen LogP contribution is -2.39. The molecule has 1 atom stereocenters. The zero-order chi connectivity index (χ0) is 21.3. The number of methoxy groups -OCH3 is 2. The van der Waals surface area contributed by atoms with Gasteiger partial charge >= 0.3 is 11.9 Å². The highest BCUT2D eigenvalue weighted by Gasteiger charge is 2.34. The zero-order valence-electron chi connectivity index (χ0n) is 16.9. The zero-order valence-corrected chi connectivity index (χ0v) is 18.5. The summed E-state index contributed by atoms with van der Waals surface area (Å²) in [6, 6.07) is 0. The summed E-state index contributed by atoms with van der Waals surface area (Å²) in [4.78, 5) is 35.1. The van der Waals surface area contributed by atoms with Gasteiger partial charge < -0.3 is 24.1 Å². The van der Waals surface area contributed by atoms with Crippen LogP contribution in [0.4, 0.5) is 0 Å². The summed E-state index contributed by atoms with van der Waals surface area (Å²) >= 11 is 0. The summed E-state index contributed by atoms with van der Waals surface area (Å²) in [5.74, 6) is -0.872. The average Bonchev–Trinajstić information content (AvgIpc) is 2.65. The predicted octanol–water partition coefficient (Wildman–Crippen LogP) is 3.71. The van der Waals surface area contributed by atoms with E-state index >= 15 is 0 Å². The van der Waals surface area contributed by atoms with Crippen LogP contribution in [0.3, 0.4) is 0 Å². The number of carbonyl (C=O) groups is 3. The second-order valence-corrected chi connectivity index (χ2v) is 8.95. The molecular formula is C20H40O8S2. The summed E-state index contributed by atoms with van der Waals surface area (Å²) in [6.07, 6.45) is 1.75. The number of ether oxygens (including phenoxy) is 4. The van der Waals surface area contributed by atoms with Gasteiger partial charge in [0.05, 0.1) is 12.0 Å². The van der Waals surface area contributed by atoms with Crippen molar-refractivity contribution in [2.45, 2.75) is 47.5 Å². The van der Waals surface area contributed by atoms with Crippen molar-refractivity contribution in [1.29, 1.82) is 0 Å². The molecule has 0 rings (SSSR count). The van der Waals surface area contributed by atoms with Gasteiger partial charge in [0.15, 0.2) is 0 Å². The van der Waals surface area contributed by atoms with Gasteiger partial charge in [-0.1, -0.05) is 36.4 Å². The van der Waals surface area contributed by atoms with Crippen LogP contribution >= 0.6 is 21.6 Å². The fraction of sp³-hybridized carbons (Fsp3) is 0.850. The van der Waals surface area contributed by atoms with Crippen LogP contribution in [-0.4, -0.2) is 81.6 Å². The molecule has 0 spiro atoms. The van der Waals surface area contributed by atoms with E-state index in [1.165, 1.54) is 21.6 Å². The molecule has 30 heavy (non-hydrogen) atoms. The van der Waals surface area contributed by atoms with Gasteiger partial charge in [-0.3, -0.25) is 14.4 Å². The normalized spacial score (nSPS) is 12.2. The molecule has 0 amide bonds. The van der Waals surface area contributed by atoms with E-state index in [2.05, 4.69) is 0 Å². The molecule has 8 nitrogen and oxygen atoms in total. The molecule has 0 aromatic carbocycles. The Morgan fingerprint density at radius 3 is 2.13 bits per heavy atom. The summed E-state index contributed by atoms with van der Waals surface area (Å²) in [5, 5.41) is 8.63. The Morgan fingerprint density at radius 1 is 0.900 bits per heavy atom. The van der Waals surface area contributed by atoms with Crippen LogP contribution in [0.1, 0.15) is 47.5 Å². The maximum atomic E-state index is 12.7. The first-order valence-electron chi connectivity index (χ1n) is 9.06. The molecule has 0 radical (unpaired) electrons. The molecule has 10 heteroatoms. The van der Waals surface area contributed by atoms with Crippen molar-refractivity contribution in [2.75, 3.05) is 58.8 Å². The summed E-state index contributed by atoms with van der Waals surface area (Å²) in [6.45, 7) is 3.31. The van der Waals surface area contributed by atoms with Crippen LogP contribution in [0, 0.1) is 5.41 Å². The third-order valence-corrected chi connectivity index (χ3v) is 5.95. The smallest absolute Gasteiger partial charge is 0.314 e. The molecule has 1 unspecified atom stereocenters. The lowest BCUT2D eigenvalue weighted by atomic mass is 9.86. The fourth-order valence-electron chi connectivity index (χ4n) is 2.07. The summed E-state index contributed by atoms with van der Waals surface area (Å²) in [7, 11) is 5.70. The number of Topliss-reactive ketones (excluding diaryl/α,β-unsaturated/α-hetero) is 1. The van der Waals surface area contributed by atoms with Crippen molar-refractivity contribution < 1.29 is 38.4 Å².